The molecule has 0 radical (unpaired) electrons. The number of H-pyrrole nitrogens is 1. The van der Waals surface area contributed by atoms with Crippen molar-refractivity contribution in [2.75, 3.05) is 18.0 Å². The third-order valence-corrected chi connectivity index (χ3v) is 4.50. The molecule has 0 spiro atoms. The summed E-state index contributed by atoms with van der Waals surface area (Å²) in [6.45, 7) is 0.630. The van der Waals surface area contributed by atoms with Crippen LogP contribution in [0, 0.1) is 0 Å². The van der Waals surface area contributed by atoms with Gasteiger partial charge in [-0.2, -0.15) is 5.10 Å². The zero-order valence-electron chi connectivity index (χ0n) is 13.7. The summed E-state index contributed by atoms with van der Waals surface area (Å²) in [5.74, 6) is -0.462. The maximum atomic E-state index is 12.6. The SMILES string of the molecule is O=C(NCC(=O)N1CCCc2ccccc21)c1n[nH]c2ccccc12. The second-order valence-corrected chi connectivity index (χ2v) is 6.08. The number of aromatic amines is 1. The smallest absolute Gasteiger partial charge is 0.272 e. The van der Waals surface area contributed by atoms with Gasteiger partial charge in [0.25, 0.3) is 5.91 Å². The number of hydrogen-bond acceptors (Lipinski definition) is 3. The zero-order valence-corrected chi connectivity index (χ0v) is 13.7. The van der Waals surface area contributed by atoms with E-state index in [2.05, 4.69) is 15.5 Å². The van der Waals surface area contributed by atoms with E-state index in [9.17, 15) is 9.59 Å². The third kappa shape index (κ3) is 2.87. The number of carbonyl (C=O) groups excluding carboxylic acids is 2. The number of hydrogen-bond donors (Lipinski definition) is 2. The highest BCUT2D eigenvalue weighted by Gasteiger charge is 2.23. The van der Waals surface area contributed by atoms with Crippen molar-refractivity contribution in [3.63, 3.8) is 0 Å². The van der Waals surface area contributed by atoms with Gasteiger partial charge in [-0.25, -0.2) is 0 Å². The molecule has 0 saturated heterocycles. The van der Waals surface area contributed by atoms with Crippen molar-refractivity contribution in [3.8, 4) is 0 Å². The summed E-state index contributed by atoms with van der Waals surface area (Å²) >= 11 is 0. The average Bonchev–Trinajstić information content (AvgIpc) is 3.09. The minimum absolute atomic E-state index is 0.0473. The lowest BCUT2D eigenvalue weighted by atomic mass is 10.0. The van der Waals surface area contributed by atoms with Gasteiger partial charge in [-0.3, -0.25) is 14.7 Å². The van der Waals surface area contributed by atoms with Crippen molar-refractivity contribution >= 4 is 28.4 Å². The Bertz CT molecular complexity index is 947. The minimum Gasteiger partial charge on any atom is -0.342 e. The number of aryl methyl sites for hydroxylation is 1. The molecule has 1 aromatic heterocycles. The molecule has 6 nitrogen and oxygen atoms in total. The Morgan fingerprint density at radius 2 is 1.92 bits per heavy atom. The first-order valence-corrected chi connectivity index (χ1v) is 8.33. The Morgan fingerprint density at radius 1 is 1.12 bits per heavy atom. The highest BCUT2D eigenvalue weighted by atomic mass is 16.2. The Kier molecular flexibility index (Phi) is 3.93. The first-order chi connectivity index (χ1) is 12.2. The summed E-state index contributed by atoms with van der Waals surface area (Å²) in [4.78, 5) is 26.7. The van der Waals surface area contributed by atoms with Gasteiger partial charge >= 0.3 is 0 Å². The average molecular weight is 334 g/mol. The fraction of sp³-hybridized carbons (Fsp3) is 0.211. The molecule has 0 fully saturated rings. The Balaban J connectivity index is 1.47. The molecule has 6 heteroatoms. The molecule has 2 heterocycles. The lowest BCUT2D eigenvalue weighted by molar-refractivity contribution is -0.117. The van der Waals surface area contributed by atoms with E-state index < -0.39 is 0 Å². The van der Waals surface area contributed by atoms with Crippen molar-refractivity contribution in [3.05, 3.63) is 59.8 Å². The number of carbonyl (C=O) groups is 2. The predicted octanol–water partition coefficient (Wildman–Crippen LogP) is 2.27. The monoisotopic (exact) mass is 334 g/mol. The van der Waals surface area contributed by atoms with Crippen LogP contribution in [-0.4, -0.2) is 35.1 Å². The molecule has 2 N–H and O–H groups in total. The molecule has 126 valence electrons. The molecule has 0 aliphatic carbocycles. The molecular formula is C19H18N4O2. The quantitative estimate of drug-likeness (QED) is 0.771. The summed E-state index contributed by atoms with van der Waals surface area (Å²) in [6, 6.07) is 15.3. The van der Waals surface area contributed by atoms with Crippen molar-refractivity contribution < 1.29 is 9.59 Å². The van der Waals surface area contributed by atoms with E-state index in [1.54, 1.807) is 4.90 Å². The van der Waals surface area contributed by atoms with Crippen molar-refractivity contribution in [2.24, 2.45) is 0 Å². The van der Waals surface area contributed by atoms with Crippen molar-refractivity contribution in [2.45, 2.75) is 12.8 Å². The number of amides is 2. The van der Waals surface area contributed by atoms with Gasteiger partial charge in [0.1, 0.15) is 0 Å². The van der Waals surface area contributed by atoms with E-state index in [-0.39, 0.29) is 18.4 Å². The zero-order chi connectivity index (χ0) is 17.2. The first-order valence-electron chi connectivity index (χ1n) is 8.33. The Hall–Kier alpha value is -3.15. The van der Waals surface area contributed by atoms with E-state index in [1.165, 1.54) is 5.56 Å². The van der Waals surface area contributed by atoms with Crippen LogP contribution < -0.4 is 10.2 Å². The fourth-order valence-electron chi connectivity index (χ4n) is 3.26. The molecule has 0 unspecified atom stereocenters. The Morgan fingerprint density at radius 3 is 2.84 bits per heavy atom. The number of para-hydroxylation sites is 2. The number of nitrogens with zero attached hydrogens (tertiary/aromatic N) is 2. The van der Waals surface area contributed by atoms with Gasteiger partial charge in [0.15, 0.2) is 5.69 Å². The molecule has 0 atom stereocenters. The highest BCUT2D eigenvalue weighted by molar-refractivity contribution is 6.06. The topological polar surface area (TPSA) is 78.1 Å². The highest BCUT2D eigenvalue weighted by Crippen LogP contribution is 2.26. The van der Waals surface area contributed by atoms with E-state index in [0.29, 0.717) is 12.2 Å². The minimum atomic E-state index is -0.351. The van der Waals surface area contributed by atoms with Gasteiger partial charge in [0.05, 0.1) is 12.1 Å². The van der Waals surface area contributed by atoms with Crippen LogP contribution in [0.1, 0.15) is 22.5 Å². The molecule has 25 heavy (non-hydrogen) atoms. The lowest BCUT2D eigenvalue weighted by Gasteiger charge is -2.29. The number of rotatable bonds is 3. The first kappa shape index (κ1) is 15.4. The number of anilines is 1. The summed E-state index contributed by atoms with van der Waals surface area (Å²) < 4.78 is 0. The van der Waals surface area contributed by atoms with Gasteiger partial charge < -0.3 is 10.2 Å². The van der Waals surface area contributed by atoms with Gasteiger partial charge in [-0.1, -0.05) is 36.4 Å². The second kappa shape index (κ2) is 6.39. The molecule has 4 rings (SSSR count). The Labute approximate surface area is 144 Å². The van der Waals surface area contributed by atoms with E-state index in [1.807, 2.05) is 48.5 Å². The largest absolute Gasteiger partial charge is 0.342 e. The number of fused-ring (bicyclic) bond motifs is 2. The number of nitrogens with one attached hydrogen (secondary N) is 2. The predicted molar refractivity (Wildman–Crippen MR) is 95.5 cm³/mol. The van der Waals surface area contributed by atoms with Crippen molar-refractivity contribution in [1.82, 2.24) is 15.5 Å². The second-order valence-electron chi connectivity index (χ2n) is 6.08. The molecule has 0 bridgehead atoms. The fourth-order valence-corrected chi connectivity index (χ4v) is 3.26. The number of aromatic nitrogens is 2. The molecule has 0 saturated carbocycles. The van der Waals surface area contributed by atoms with E-state index in [4.69, 9.17) is 0 Å². The summed E-state index contributed by atoms with van der Waals surface area (Å²) in [5, 5.41) is 10.3. The van der Waals surface area contributed by atoms with Crippen molar-refractivity contribution in [1.29, 1.82) is 0 Å². The third-order valence-electron chi connectivity index (χ3n) is 4.50. The summed E-state index contributed by atoms with van der Waals surface area (Å²) in [7, 11) is 0. The molecular weight excluding hydrogens is 316 g/mol. The molecule has 1 aliphatic rings. The van der Waals surface area contributed by atoms with Crippen LogP contribution in [0.15, 0.2) is 48.5 Å². The normalized spacial score (nSPS) is 13.5. The van der Waals surface area contributed by atoms with Gasteiger partial charge in [0, 0.05) is 17.6 Å². The maximum Gasteiger partial charge on any atom is 0.272 e. The van der Waals surface area contributed by atoms with Gasteiger partial charge in [-0.05, 0) is 30.5 Å². The molecule has 2 amide bonds. The molecule has 3 aromatic rings. The molecule has 1 aliphatic heterocycles. The van der Waals surface area contributed by atoms with E-state index in [0.717, 1.165) is 29.4 Å². The van der Waals surface area contributed by atoms with Crippen LogP contribution in [0.25, 0.3) is 10.9 Å². The summed E-state index contributed by atoms with van der Waals surface area (Å²) in [5.41, 5.74) is 3.22. The number of benzene rings is 2. The van der Waals surface area contributed by atoms with Gasteiger partial charge in [-0.15, -0.1) is 0 Å². The molecule has 2 aromatic carbocycles. The van der Waals surface area contributed by atoms with E-state index >= 15 is 0 Å². The van der Waals surface area contributed by atoms with Gasteiger partial charge in [0.2, 0.25) is 5.91 Å². The maximum absolute atomic E-state index is 12.6. The van der Waals surface area contributed by atoms with Crippen LogP contribution in [0.3, 0.4) is 0 Å². The van der Waals surface area contributed by atoms with Crippen LogP contribution >= 0.6 is 0 Å². The summed E-state index contributed by atoms with van der Waals surface area (Å²) in [6.07, 6.45) is 1.91. The van der Waals surface area contributed by atoms with Crippen LogP contribution in [0.5, 0.6) is 0 Å². The van der Waals surface area contributed by atoms with Crippen LogP contribution in [0.4, 0.5) is 5.69 Å². The van der Waals surface area contributed by atoms with Crippen LogP contribution in [0.2, 0.25) is 0 Å². The lowest BCUT2D eigenvalue weighted by Crippen LogP contribution is -2.42. The van der Waals surface area contributed by atoms with Crippen LogP contribution in [-0.2, 0) is 11.2 Å². The standard InChI is InChI=1S/C19H18N4O2/c24-17(23-11-5-7-13-6-1-4-10-16(13)23)12-20-19(25)18-14-8-2-3-9-15(14)21-22-18/h1-4,6,8-10H,5,7,11-12H2,(H,20,25)(H,21,22).